The Kier molecular flexibility index (Phi) is 7.81. The fraction of sp³-hybridized carbons (Fsp3) is 0.400. The molecule has 0 saturated carbocycles. The fourth-order valence-corrected chi connectivity index (χ4v) is 2.49. The van der Waals surface area contributed by atoms with E-state index in [0.717, 1.165) is 30.8 Å². The Labute approximate surface area is 144 Å². The number of unbranched alkanes of at least 4 members (excludes halogenated alkanes) is 4. The maximum atomic E-state index is 11.9. The first-order chi connectivity index (χ1) is 11.8. The molecule has 0 aliphatic rings. The van der Waals surface area contributed by atoms with E-state index in [1.165, 1.54) is 24.8 Å². The molecule has 0 saturated heterocycles. The topological polar surface area (TPSA) is 54.0 Å². The lowest BCUT2D eigenvalue weighted by molar-refractivity contribution is -0.116. The lowest BCUT2D eigenvalue weighted by Crippen LogP contribution is -2.11. The summed E-state index contributed by atoms with van der Waals surface area (Å²) in [7, 11) is 0. The molecule has 0 bridgehead atoms. The molecule has 0 aliphatic carbocycles. The van der Waals surface area contributed by atoms with Crippen LogP contribution >= 0.6 is 0 Å². The molecule has 1 heterocycles. The number of nitrogens with zero attached hydrogens (tertiary/aromatic N) is 1. The van der Waals surface area contributed by atoms with Crippen molar-refractivity contribution < 1.29 is 4.79 Å². The van der Waals surface area contributed by atoms with E-state index >= 15 is 0 Å². The molecule has 0 spiro atoms. The third kappa shape index (κ3) is 6.82. The number of hydrogen-bond donors (Lipinski definition) is 2. The minimum atomic E-state index is 0.101. The Morgan fingerprint density at radius 3 is 2.29 bits per heavy atom. The van der Waals surface area contributed by atoms with Crippen LogP contribution in [0.15, 0.2) is 48.8 Å². The van der Waals surface area contributed by atoms with E-state index in [4.69, 9.17) is 0 Å². The first-order valence-corrected chi connectivity index (χ1v) is 8.80. The average molecular weight is 325 g/mol. The van der Waals surface area contributed by atoms with Crippen LogP contribution in [0.1, 0.15) is 51.0 Å². The summed E-state index contributed by atoms with van der Waals surface area (Å²) in [6.07, 6.45) is 10.0. The van der Waals surface area contributed by atoms with Crippen molar-refractivity contribution in [3.63, 3.8) is 0 Å². The minimum absolute atomic E-state index is 0.101. The second-order valence-corrected chi connectivity index (χ2v) is 6.00. The second kappa shape index (κ2) is 10.4. The molecule has 1 aromatic carbocycles. The number of aromatic nitrogens is 1. The van der Waals surface area contributed by atoms with Crippen LogP contribution in [0.5, 0.6) is 0 Å². The Morgan fingerprint density at radius 2 is 1.58 bits per heavy atom. The molecule has 2 rings (SSSR count). The maximum Gasteiger partial charge on any atom is 0.224 e. The van der Waals surface area contributed by atoms with Gasteiger partial charge in [-0.3, -0.25) is 9.78 Å². The fourth-order valence-electron chi connectivity index (χ4n) is 2.49. The molecule has 1 amide bonds. The van der Waals surface area contributed by atoms with Crippen molar-refractivity contribution in [1.82, 2.24) is 4.98 Å². The van der Waals surface area contributed by atoms with Gasteiger partial charge in [0.2, 0.25) is 5.91 Å². The van der Waals surface area contributed by atoms with Gasteiger partial charge < -0.3 is 10.6 Å². The Morgan fingerprint density at radius 1 is 0.917 bits per heavy atom. The van der Waals surface area contributed by atoms with Crippen LogP contribution in [0, 0.1) is 0 Å². The van der Waals surface area contributed by atoms with Crippen LogP contribution in [-0.2, 0) is 11.3 Å². The van der Waals surface area contributed by atoms with Gasteiger partial charge in [0.25, 0.3) is 0 Å². The largest absolute Gasteiger partial charge is 0.381 e. The third-order valence-electron chi connectivity index (χ3n) is 3.92. The highest BCUT2D eigenvalue weighted by Crippen LogP contribution is 2.15. The summed E-state index contributed by atoms with van der Waals surface area (Å²) in [6.45, 7) is 2.95. The van der Waals surface area contributed by atoms with E-state index in [1.54, 1.807) is 12.4 Å². The Hall–Kier alpha value is -2.36. The van der Waals surface area contributed by atoms with Crippen LogP contribution in [0.2, 0.25) is 0 Å². The molecule has 24 heavy (non-hydrogen) atoms. The van der Waals surface area contributed by atoms with Gasteiger partial charge in [0.15, 0.2) is 0 Å². The summed E-state index contributed by atoms with van der Waals surface area (Å²) < 4.78 is 0. The predicted octanol–water partition coefficient (Wildman–Crippen LogP) is 4.99. The second-order valence-electron chi connectivity index (χ2n) is 6.00. The third-order valence-corrected chi connectivity index (χ3v) is 3.92. The zero-order chi connectivity index (χ0) is 17.0. The standard InChI is InChI=1S/C20H27N3O/c1-2-3-4-5-6-7-20(24)23-19-10-8-18(9-11-19)22-16-17-12-14-21-15-13-17/h8-15,22H,2-7,16H2,1H3,(H,23,24). The van der Waals surface area contributed by atoms with E-state index in [9.17, 15) is 4.79 Å². The smallest absolute Gasteiger partial charge is 0.224 e. The van der Waals surface area contributed by atoms with Crippen LogP contribution < -0.4 is 10.6 Å². The quantitative estimate of drug-likeness (QED) is 0.605. The van der Waals surface area contributed by atoms with Gasteiger partial charge in [-0.2, -0.15) is 0 Å². The molecule has 2 N–H and O–H groups in total. The van der Waals surface area contributed by atoms with E-state index < -0.39 is 0 Å². The number of carbonyl (C=O) groups is 1. The molecule has 128 valence electrons. The van der Waals surface area contributed by atoms with E-state index in [0.29, 0.717) is 6.42 Å². The number of nitrogens with one attached hydrogen (secondary N) is 2. The number of rotatable bonds is 10. The Bertz CT molecular complexity index is 596. The highest BCUT2D eigenvalue weighted by atomic mass is 16.1. The zero-order valence-corrected chi connectivity index (χ0v) is 14.4. The van der Waals surface area contributed by atoms with Gasteiger partial charge in [-0.25, -0.2) is 0 Å². The number of anilines is 2. The molecule has 4 heteroatoms. The monoisotopic (exact) mass is 325 g/mol. The van der Waals surface area contributed by atoms with Crippen molar-refractivity contribution >= 4 is 17.3 Å². The first kappa shape index (κ1) is 18.0. The van der Waals surface area contributed by atoms with Crippen LogP contribution in [0.25, 0.3) is 0 Å². The molecule has 1 aromatic heterocycles. The zero-order valence-electron chi connectivity index (χ0n) is 14.4. The number of carbonyl (C=O) groups excluding carboxylic acids is 1. The summed E-state index contributed by atoms with van der Waals surface area (Å²) >= 11 is 0. The lowest BCUT2D eigenvalue weighted by Gasteiger charge is -2.09. The van der Waals surface area contributed by atoms with Crippen molar-refractivity contribution in [1.29, 1.82) is 0 Å². The van der Waals surface area contributed by atoms with Crippen molar-refractivity contribution in [2.24, 2.45) is 0 Å². The summed E-state index contributed by atoms with van der Waals surface area (Å²) in [6, 6.07) is 11.8. The lowest BCUT2D eigenvalue weighted by atomic mass is 10.1. The molecule has 0 aliphatic heterocycles. The highest BCUT2D eigenvalue weighted by Gasteiger charge is 2.02. The molecule has 0 radical (unpaired) electrons. The van der Waals surface area contributed by atoms with E-state index in [-0.39, 0.29) is 5.91 Å². The first-order valence-electron chi connectivity index (χ1n) is 8.80. The van der Waals surface area contributed by atoms with Gasteiger partial charge in [-0.1, -0.05) is 32.6 Å². The molecule has 0 atom stereocenters. The molecule has 0 fully saturated rings. The van der Waals surface area contributed by atoms with Gasteiger partial charge in [-0.05, 0) is 48.4 Å². The predicted molar refractivity (Wildman–Crippen MR) is 100 cm³/mol. The Balaban J connectivity index is 1.70. The number of benzene rings is 1. The number of hydrogen-bond acceptors (Lipinski definition) is 3. The number of amides is 1. The highest BCUT2D eigenvalue weighted by molar-refractivity contribution is 5.90. The normalized spacial score (nSPS) is 10.4. The summed E-state index contributed by atoms with van der Waals surface area (Å²) in [5, 5.41) is 6.31. The minimum Gasteiger partial charge on any atom is -0.381 e. The van der Waals surface area contributed by atoms with Gasteiger partial charge >= 0.3 is 0 Å². The van der Waals surface area contributed by atoms with Crippen molar-refractivity contribution in [3.8, 4) is 0 Å². The van der Waals surface area contributed by atoms with E-state index in [2.05, 4.69) is 22.5 Å². The van der Waals surface area contributed by atoms with Crippen molar-refractivity contribution in [2.75, 3.05) is 10.6 Å². The maximum absolute atomic E-state index is 11.9. The number of pyridine rings is 1. The van der Waals surface area contributed by atoms with Gasteiger partial charge in [0, 0.05) is 36.7 Å². The van der Waals surface area contributed by atoms with Gasteiger partial charge in [0.1, 0.15) is 0 Å². The molecular weight excluding hydrogens is 298 g/mol. The summed E-state index contributed by atoms with van der Waals surface area (Å²) in [5.41, 5.74) is 3.07. The molecule has 4 nitrogen and oxygen atoms in total. The van der Waals surface area contributed by atoms with Gasteiger partial charge in [0.05, 0.1) is 0 Å². The van der Waals surface area contributed by atoms with Crippen molar-refractivity contribution in [3.05, 3.63) is 54.4 Å². The van der Waals surface area contributed by atoms with E-state index in [1.807, 2.05) is 36.4 Å². The summed E-state index contributed by atoms with van der Waals surface area (Å²) in [4.78, 5) is 15.9. The molecule has 0 unspecified atom stereocenters. The van der Waals surface area contributed by atoms with Crippen LogP contribution in [0.4, 0.5) is 11.4 Å². The average Bonchev–Trinajstić information content (AvgIpc) is 2.62. The van der Waals surface area contributed by atoms with Crippen molar-refractivity contribution in [2.45, 2.75) is 52.0 Å². The van der Waals surface area contributed by atoms with Crippen LogP contribution in [0.3, 0.4) is 0 Å². The summed E-state index contributed by atoms with van der Waals surface area (Å²) in [5.74, 6) is 0.101. The molecule has 2 aromatic rings. The van der Waals surface area contributed by atoms with Crippen LogP contribution in [-0.4, -0.2) is 10.9 Å². The molecular formula is C20H27N3O. The SMILES string of the molecule is CCCCCCCC(=O)Nc1ccc(NCc2ccncc2)cc1. The van der Waals surface area contributed by atoms with Gasteiger partial charge in [-0.15, -0.1) is 0 Å².